The Kier molecular flexibility index (Phi) is 21.4. The molecule has 0 aromatic rings. The van der Waals surface area contributed by atoms with Gasteiger partial charge < -0.3 is 14.6 Å². The Morgan fingerprint density at radius 2 is 1.41 bits per heavy atom. The van der Waals surface area contributed by atoms with Gasteiger partial charge in [-0.15, -0.1) is 0 Å². The molecule has 0 aliphatic carbocycles. The van der Waals surface area contributed by atoms with Gasteiger partial charge in [0.05, 0.1) is 6.61 Å². The van der Waals surface area contributed by atoms with Crippen LogP contribution < -0.4 is 0 Å². The number of esters is 1. The molecular formula is C18H36O4. The lowest BCUT2D eigenvalue weighted by atomic mass is 10.2. The van der Waals surface area contributed by atoms with E-state index >= 15 is 0 Å². The van der Waals surface area contributed by atoms with E-state index in [1.807, 2.05) is 0 Å². The smallest absolute Gasteiger partial charge is 0.333 e. The van der Waals surface area contributed by atoms with Gasteiger partial charge in [0, 0.05) is 18.8 Å². The summed E-state index contributed by atoms with van der Waals surface area (Å²) >= 11 is 0. The number of rotatable bonds is 13. The molecule has 4 heteroatoms. The summed E-state index contributed by atoms with van der Waals surface area (Å²) in [5.41, 5.74) is 0.350. The van der Waals surface area contributed by atoms with Crippen molar-refractivity contribution in [1.82, 2.24) is 0 Å². The molecule has 132 valence electrons. The molecule has 0 bridgehead atoms. The van der Waals surface area contributed by atoms with Crippen LogP contribution in [0.15, 0.2) is 12.2 Å². The van der Waals surface area contributed by atoms with Crippen LogP contribution in [-0.4, -0.2) is 37.5 Å². The van der Waals surface area contributed by atoms with Gasteiger partial charge in [-0.25, -0.2) is 4.79 Å². The minimum Gasteiger partial charge on any atom is -0.460 e. The summed E-state index contributed by atoms with van der Waals surface area (Å²) in [5.74, 6) is -0.455. The van der Waals surface area contributed by atoms with Crippen LogP contribution in [0.4, 0.5) is 0 Å². The fourth-order valence-corrected chi connectivity index (χ4v) is 1.63. The zero-order valence-corrected chi connectivity index (χ0v) is 14.9. The second kappa shape index (κ2) is 20.1. The summed E-state index contributed by atoms with van der Waals surface area (Å²) in [7, 11) is 0. The van der Waals surface area contributed by atoms with Crippen molar-refractivity contribution in [2.75, 3.05) is 26.4 Å². The number of ether oxygens (including phenoxy) is 2. The Morgan fingerprint density at radius 1 is 0.909 bits per heavy atom. The maximum absolute atomic E-state index is 10.5. The molecule has 0 unspecified atom stereocenters. The van der Waals surface area contributed by atoms with E-state index in [0.717, 1.165) is 13.2 Å². The molecule has 0 aromatic carbocycles. The van der Waals surface area contributed by atoms with E-state index in [4.69, 9.17) is 9.84 Å². The summed E-state index contributed by atoms with van der Waals surface area (Å²) < 4.78 is 9.99. The molecule has 0 atom stereocenters. The highest BCUT2D eigenvalue weighted by Crippen LogP contribution is 2.01. The molecule has 0 spiro atoms. The van der Waals surface area contributed by atoms with Crippen LogP contribution >= 0.6 is 0 Å². The summed E-state index contributed by atoms with van der Waals surface area (Å²) in [6.07, 6.45) is 10.5. The number of hydrogen-bond acceptors (Lipinski definition) is 4. The van der Waals surface area contributed by atoms with Crippen molar-refractivity contribution in [2.45, 2.75) is 72.1 Å². The predicted molar refractivity (Wildman–Crippen MR) is 92.0 cm³/mol. The minimum absolute atomic E-state index is 0.0473. The molecule has 0 aliphatic rings. The number of carbonyl (C=O) groups excluding carboxylic acids is 1. The number of aliphatic hydroxyl groups excluding tert-OH is 1. The molecule has 0 saturated carbocycles. The Bertz CT molecular complexity index is 241. The van der Waals surface area contributed by atoms with E-state index in [2.05, 4.69) is 25.2 Å². The van der Waals surface area contributed by atoms with E-state index in [1.54, 1.807) is 6.92 Å². The molecule has 0 fully saturated rings. The molecule has 0 heterocycles. The number of aliphatic hydroxyl groups is 1. The Balaban J connectivity index is 0. The predicted octanol–water partition coefficient (Wildman–Crippen LogP) is 4.26. The van der Waals surface area contributed by atoms with Crippen molar-refractivity contribution in [2.24, 2.45) is 0 Å². The van der Waals surface area contributed by atoms with E-state index in [1.165, 1.54) is 51.4 Å². The van der Waals surface area contributed by atoms with Gasteiger partial charge in [0.1, 0.15) is 6.61 Å². The molecular weight excluding hydrogens is 280 g/mol. The Hall–Kier alpha value is -0.870. The summed E-state index contributed by atoms with van der Waals surface area (Å²) in [6.45, 7) is 11.3. The number of unbranched alkanes of at least 4 members (excludes halogenated alkanes) is 6. The van der Waals surface area contributed by atoms with Crippen molar-refractivity contribution < 1.29 is 19.4 Å². The third-order valence-electron chi connectivity index (χ3n) is 2.96. The maximum Gasteiger partial charge on any atom is 0.333 e. The third-order valence-corrected chi connectivity index (χ3v) is 2.96. The van der Waals surface area contributed by atoms with Gasteiger partial charge in [-0.1, -0.05) is 59.0 Å². The number of carbonyl (C=O) groups is 1. The van der Waals surface area contributed by atoms with Gasteiger partial charge in [0.15, 0.2) is 0 Å². The van der Waals surface area contributed by atoms with Crippen LogP contribution in [0, 0.1) is 0 Å². The topological polar surface area (TPSA) is 55.8 Å². The monoisotopic (exact) mass is 316 g/mol. The quantitative estimate of drug-likeness (QED) is 0.313. The molecule has 0 radical (unpaired) electrons. The van der Waals surface area contributed by atoms with E-state index in [0.29, 0.717) is 5.57 Å². The first-order valence-corrected chi connectivity index (χ1v) is 8.61. The first-order chi connectivity index (χ1) is 10.6. The second-order valence-corrected chi connectivity index (χ2v) is 5.37. The summed E-state index contributed by atoms with van der Waals surface area (Å²) in [5, 5.41) is 8.19. The average Bonchev–Trinajstić information content (AvgIpc) is 2.51. The van der Waals surface area contributed by atoms with Crippen LogP contribution in [0.3, 0.4) is 0 Å². The molecule has 0 aromatic heterocycles. The second-order valence-electron chi connectivity index (χ2n) is 5.37. The minimum atomic E-state index is -0.455. The van der Waals surface area contributed by atoms with Gasteiger partial charge in [0.2, 0.25) is 0 Å². The van der Waals surface area contributed by atoms with E-state index in [-0.39, 0.29) is 13.2 Å². The van der Waals surface area contributed by atoms with Gasteiger partial charge in [0.25, 0.3) is 0 Å². The van der Waals surface area contributed by atoms with E-state index in [9.17, 15) is 4.79 Å². The lowest BCUT2D eigenvalue weighted by Gasteiger charge is -2.03. The van der Waals surface area contributed by atoms with E-state index < -0.39 is 5.97 Å². The van der Waals surface area contributed by atoms with Crippen LogP contribution in [0.2, 0.25) is 0 Å². The van der Waals surface area contributed by atoms with Crippen molar-refractivity contribution in [3.63, 3.8) is 0 Å². The zero-order valence-electron chi connectivity index (χ0n) is 14.9. The standard InChI is InChI=1S/C12H26O.C6H10O3/c1-3-5-7-9-11-13-12-10-8-6-4-2;1-5(2)6(8)9-4-3-7/h3-12H2,1-2H3;7H,1,3-4H2,2H3. The number of hydrogen-bond donors (Lipinski definition) is 1. The van der Waals surface area contributed by atoms with Crippen LogP contribution in [0.5, 0.6) is 0 Å². The molecule has 22 heavy (non-hydrogen) atoms. The first-order valence-electron chi connectivity index (χ1n) is 8.61. The first kappa shape index (κ1) is 23.4. The van der Waals surface area contributed by atoms with Gasteiger partial charge >= 0.3 is 5.97 Å². The third kappa shape index (κ3) is 21.4. The largest absolute Gasteiger partial charge is 0.460 e. The fraction of sp³-hybridized carbons (Fsp3) is 0.833. The maximum atomic E-state index is 10.5. The van der Waals surface area contributed by atoms with Crippen LogP contribution in [0.1, 0.15) is 72.1 Å². The Morgan fingerprint density at radius 3 is 1.77 bits per heavy atom. The molecule has 0 amide bonds. The highest BCUT2D eigenvalue weighted by molar-refractivity contribution is 5.86. The summed E-state index contributed by atoms with van der Waals surface area (Å²) in [4.78, 5) is 10.5. The van der Waals surface area contributed by atoms with Gasteiger partial charge in [-0.2, -0.15) is 0 Å². The Labute approximate surface area is 136 Å². The van der Waals surface area contributed by atoms with Crippen molar-refractivity contribution in [3.05, 3.63) is 12.2 Å². The lowest BCUT2D eigenvalue weighted by molar-refractivity contribution is -0.139. The highest BCUT2D eigenvalue weighted by atomic mass is 16.5. The van der Waals surface area contributed by atoms with Crippen molar-refractivity contribution in [1.29, 1.82) is 0 Å². The highest BCUT2D eigenvalue weighted by Gasteiger charge is 1.99. The molecule has 0 saturated heterocycles. The fourth-order valence-electron chi connectivity index (χ4n) is 1.63. The molecule has 4 nitrogen and oxygen atoms in total. The van der Waals surface area contributed by atoms with Crippen molar-refractivity contribution in [3.8, 4) is 0 Å². The lowest BCUT2D eigenvalue weighted by Crippen LogP contribution is -2.08. The van der Waals surface area contributed by atoms with Crippen molar-refractivity contribution >= 4 is 5.97 Å². The van der Waals surface area contributed by atoms with Gasteiger partial charge in [-0.3, -0.25) is 0 Å². The molecule has 0 aliphatic heterocycles. The normalized spacial score (nSPS) is 9.82. The van der Waals surface area contributed by atoms with Crippen LogP contribution in [0.25, 0.3) is 0 Å². The molecule has 0 rings (SSSR count). The SMILES string of the molecule is C=C(C)C(=O)OCCO.CCCCCCOCCCCCC. The average molecular weight is 316 g/mol. The van der Waals surface area contributed by atoms with Gasteiger partial charge in [-0.05, 0) is 19.8 Å². The molecule has 1 N–H and O–H groups in total. The van der Waals surface area contributed by atoms with Crippen LogP contribution in [-0.2, 0) is 14.3 Å². The zero-order chi connectivity index (χ0) is 17.1. The summed E-state index contributed by atoms with van der Waals surface area (Å²) in [6, 6.07) is 0.